The number of benzene rings is 1. The maximum Gasteiger partial charge on any atom is 0.0748 e. The van der Waals surface area contributed by atoms with E-state index in [1.165, 1.54) is 11.3 Å². The van der Waals surface area contributed by atoms with Gasteiger partial charge in [-0.15, -0.1) is 0 Å². The normalized spacial score (nSPS) is 26.4. The van der Waals surface area contributed by atoms with E-state index in [2.05, 4.69) is 43.4 Å². The summed E-state index contributed by atoms with van der Waals surface area (Å²) in [6, 6.07) is 8.94. The van der Waals surface area contributed by atoms with Gasteiger partial charge in [0.1, 0.15) is 0 Å². The van der Waals surface area contributed by atoms with Crippen LogP contribution in [-0.2, 0) is 4.74 Å². The number of anilines is 1. The second-order valence-electron chi connectivity index (χ2n) is 3.98. The van der Waals surface area contributed by atoms with E-state index in [0.717, 1.165) is 13.0 Å². The highest BCUT2D eigenvalue weighted by Crippen LogP contribution is 2.19. The highest BCUT2D eigenvalue weighted by atomic mass is 16.5. The Labute approximate surface area is 85.3 Å². The molecule has 14 heavy (non-hydrogen) atoms. The van der Waals surface area contributed by atoms with Crippen LogP contribution in [0.5, 0.6) is 0 Å². The monoisotopic (exact) mass is 191 g/mol. The first-order chi connectivity index (χ1) is 6.75. The van der Waals surface area contributed by atoms with E-state index in [1.807, 2.05) is 0 Å². The minimum absolute atomic E-state index is 0.329. The fourth-order valence-corrected chi connectivity index (χ4v) is 1.87. The number of nitrogens with one attached hydrogen (secondary N) is 1. The summed E-state index contributed by atoms with van der Waals surface area (Å²) in [5.41, 5.74) is 2.49. The summed E-state index contributed by atoms with van der Waals surface area (Å²) >= 11 is 0. The van der Waals surface area contributed by atoms with Crippen molar-refractivity contribution in [3.63, 3.8) is 0 Å². The first-order valence-corrected chi connectivity index (χ1v) is 5.20. The molecule has 0 bridgehead atoms. The second kappa shape index (κ2) is 4.01. The second-order valence-corrected chi connectivity index (χ2v) is 3.98. The molecule has 2 atom stereocenters. The van der Waals surface area contributed by atoms with Crippen LogP contribution in [-0.4, -0.2) is 18.8 Å². The van der Waals surface area contributed by atoms with E-state index in [4.69, 9.17) is 4.74 Å². The Bertz CT molecular complexity index is 311. The minimum atomic E-state index is 0.329. The molecule has 0 aromatic heterocycles. The molecule has 0 aliphatic carbocycles. The lowest BCUT2D eigenvalue weighted by Gasteiger charge is -2.17. The number of hydrogen-bond acceptors (Lipinski definition) is 2. The van der Waals surface area contributed by atoms with Gasteiger partial charge in [-0.1, -0.05) is 12.1 Å². The third kappa shape index (κ3) is 2.07. The molecule has 2 rings (SSSR count). The molecule has 1 aliphatic heterocycles. The molecule has 0 saturated carbocycles. The molecule has 1 aromatic carbocycles. The smallest absolute Gasteiger partial charge is 0.0748 e. The molecule has 0 amide bonds. The molecule has 76 valence electrons. The Morgan fingerprint density at radius 1 is 1.43 bits per heavy atom. The van der Waals surface area contributed by atoms with Crippen LogP contribution < -0.4 is 5.32 Å². The molecule has 2 heteroatoms. The Balaban J connectivity index is 2.03. The summed E-state index contributed by atoms with van der Waals surface area (Å²) in [6.45, 7) is 5.12. The lowest BCUT2D eigenvalue weighted by molar-refractivity contribution is 0.121. The maximum absolute atomic E-state index is 5.51. The predicted molar refractivity (Wildman–Crippen MR) is 58.6 cm³/mol. The Morgan fingerprint density at radius 3 is 2.93 bits per heavy atom. The number of ether oxygens (including phenoxy) is 1. The Kier molecular flexibility index (Phi) is 2.73. The van der Waals surface area contributed by atoms with Gasteiger partial charge in [0.25, 0.3) is 0 Å². The summed E-state index contributed by atoms with van der Waals surface area (Å²) < 4.78 is 5.51. The molecule has 1 fully saturated rings. The number of aryl methyl sites for hydroxylation is 1. The fourth-order valence-electron chi connectivity index (χ4n) is 1.87. The van der Waals surface area contributed by atoms with Crippen LogP contribution in [0.25, 0.3) is 0 Å². The predicted octanol–water partition coefficient (Wildman–Crippen LogP) is 2.58. The largest absolute Gasteiger partial charge is 0.380 e. The average Bonchev–Trinajstić information content (AvgIpc) is 2.52. The third-order valence-electron chi connectivity index (χ3n) is 2.75. The maximum atomic E-state index is 5.51. The zero-order valence-corrected chi connectivity index (χ0v) is 8.79. The van der Waals surface area contributed by atoms with E-state index in [1.54, 1.807) is 0 Å². The first kappa shape index (κ1) is 9.53. The quantitative estimate of drug-likeness (QED) is 0.775. The van der Waals surface area contributed by atoms with Crippen LogP contribution in [0.3, 0.4) is 0 Å². The van der Waals surface area contributed by atoms with E-state index < -0.39 is 0 Å². The summed E-state index contributed by atoms with van der Waals surface area (Å²) in [5, 5.41) is 3.51. The minimum Gasteiger partial charge on any atom is -0.380 e. The van der Waals surface area contributed by atoms with Crippen molar-refractivity contribution < 1.29 is 4.74 Å². The summed E-state index contributed by atoms with van der Waals surface area (Å²) in [4.78, 5) is 0. The summed E-state index contributed by atoms with van der Waals surface area (Å²) in [6.07, 6.45) is 1.44. The van der Waals surface area contributed by atoms with Crippen LogP contribution in [0, 0.1) is 6.92 Å². The van der Waals surface area contributed by atoms with Gasteiger partial charge >= 0.3 is 0 Å². The van der Waals surface area contributed by atoms with Crippen molar-refractivity contribution in [2.75, 3.05) is 11.9 Å². The van der Waals surface area contributed by atoms with Crippen molar-refractivity contribution in [3.8, 4) is 0 Å². The highest BCUT2D eigenvalue weighted by Gasteiger charge is 2.23. The van der Waals surface area contributed by atoms with E-state index >= 15 is 0 Å². The van der Waals surface area contributed by atoms with Crippen LogP contribution in [0.4, 0.5) is 5.69 Å². The average molecular weight is 191 g/mol. The van der Waals surface area contributed by atoms with Crippen molar-refractivity contribution in [3.05, 3.63) is 29.8 Å². The first-order valence-electron chi connectivity index (χ1n) is 5.20. The topological polar surface area (TPSA) is 21.3 Å². The van der Waals surface area contributed by atoms with Gasteiger partial charge in [-0.2, -0.15) is 0 Å². The van der Waals surface area contributed by atoms with Crippen molar-refractivity contribution in [1.29, 1.82) is 0 Å². The van der Waals surface area contributed by atoms with Crippen molar-refractivity contribution in [1.82, 2.24) is 0 Å². The van der Waals surface area contributed by atoms with Gasteiger partial charge in [-0.25, -0.2) is 0 Å². The van der Waals surface area contributed by atoms with Gasteiger partial charge in [0.2, 0.25) is 0 Å². The molecule has 0 spiro atoms. The summed E-state index contributed by atoms with van der Waals surface area (Å²) in [7, 11) is 0. The van der Waals surface area contributed by atoms with Gasteiger partial charge in [-0.05, 0) is 38.0 Å². The Hall–Kier alpha value is -1.02. The van der Waals surface area contributed by atoms with Crippen LogP contribution in [0.15, 0.2) is 24.3 Å². The molecular weight excluding hydrogens is 174 g/mol. The van der Waals surface area contributed by atoms with Gasteiger partial charge in [0.05, 0.1) is 12.1 Å². The fraction of sp³-hybridized carbons (Fsp3) is 0.500. The molecule has 0 unspecified atom stereocenters. The zero-order chi connectivity index (χ0) is 9.97. The standard InChI is InChI=1S/C12H17NO/c1-9-4-3-5-11(8-9)13-12-6-7-14-10(12)2/h3-5,8,10,12-13H,6-7H2,1-2H3/t10-,12+/m1/s1. The van der Waals surface area contributed by atoms with Gasteiger partial charge < -0.3 is 10.1 Å². The third-order valence-corrected chi connectivity index (χ3v) is 2.75. The Morgan fingerprint density at radius 2 is 2.29 bits per heavy atom. The van der Waals surface area contributed by atoms with Crippen molar-refractivity contribution in [2.45, 2.75) is 32.4 Å². The zero-order valence-electron chi connectivity index (χ0n) is 8.79. The highest BCUT2D eigenvalue weighted by molar-refractivity contribution is 5.46. The van der Waals surface area contributed by atoms with Gasteiger partial charge in [-0.3, -0.25) is 0 Å². The summed E-state index contributed by atoms with van der Waals surface area (Å²) in [5.74, 6) is 0. The van der Waals surface area contributed by atoms with Crippen molar-refractivity contribution in [2.24, 2.45) is 0 Å². The van der Waals surface area contributed by atoms with E-state index in [0.29, 0.717) is 12.1 Å². The molecule has 2 nitrogen and oxygen atoms in total. The lowest BCUT2D eigenvalue weighted by atomic mass is 10.1. The molecule has 1 saturated heterocycles. The molecule has 0 radical (unpaired) electrons. The van der Waals surface area contributed by atoms with E-state index in [9.17, 15) is 0 Å². The molecule has 1 heterocycles. The van der Waals surface area contributed by atoms with Crippen LogP contribution in [0.2, 0.25) is 0 Å². The van der Waals surface area contributed by atoms with Gasteiger partial charge in [0, 0.05) is 12.3 Å². The van der Waals surface area contributed by atoms with Crippen LogP contribution >= 0.6 is 0 Å². The lowest BCUT2D eigenvalue weighted by Crippen LogP contribution is -2.26. The number of hydrogen-bond donors (Lipinski definition) is 1. The van der Waals surface area contributed by atoms with Crippen molar-refractivity contribution >= 4 is 5.69 Å². The molecular formula is C12H17NO. The van der Waals surface area contributed by atoms with Gasteiger partial charge in [0.15, 0.2) is 0 Å². The van der Waals surface area contributed by atoms with Crippen LogP contribution in [0.1, 0.15) is 18.9 Å². The van der Waals surface area contributed by atoms with E-state index in [-0.39, 0.29) is 0 Å². The number of rotatable bonds is 2. The molecule has 1 aliphatic rings. The molecule has 1 N–H and O–H groups in total. The SMILES string of the molecule is Cc1cccc(N[C@H]2CCO[C@@H]2C)c1. The molecule has 1 aromatic rings.